The van der Waals surface area contributed by atoms with Crippen LogP contribution in [0.4, 0.5) is 0 Å². The third kappa shape index (κ3) is 2.11. The quantitative estimate of drug-likeness (QED) is 0.828. The highest BCUT2D eigenvalue weighted by atomic mass is 15.1. The molecule has 1 aromatic heterocycles. The van der Waals surface area contributed by atoms with Crippen molar-refractivity contribution in [2.75, 3.05) is 6.54 Å². The molecule has 1 aliphatic heterocycles. The third-order valence-electron chi connectivity index (χ3n) is 3.42. The first-order valence-electron chi connectivity index (χ1n) is 6.27. The second kappa shape index (κ2) is 4.72. The van der Waals surface area contributed by atoms with Crippen LogP contribution in [-0.4, -0.2) is 16.7 Å². The fourth-order valence-corrected chi connectivity index (χ4v) is 2.51. The molecule has 2 heterocycles. The van der Waals surface area contributed by atoms with E-state index in [1.54, 1.807) is 0 Å². The average Bonchev–Trinajstić information content (AvgIpc) is 2.90. The molecule has 0 bridgehead atoms. The minimum atomic E-state index is 0.456. The Kier molecular flexibility index (Phi) is 2.92. The van der Waals surface area contributed by atoms with Crippen LogP contribution in [0.2, 0.25) is 0 Å². The Morgan fingerprint density at radius 3 is 2.76 bits per heavy atom. The number of rotatable bonds is 2. The third-order valence-corrected chi connectivity index (χ3v) is 3.42. The van der Waals surface area contributed by atoms with Crippen molar-refractivity contribution in [3.8, 4) is 11.3 Å². The number of nitrogens with one attached hydrogen (secondary N) is 2. The molecule has 0 radical (unpaired) electrons. The summed E-state index contributed by atoms with van der Waals surface area (Å²) in [6.45, 7) is 1.12. The molecule has 2 aromatic rings. The van der Waals surface area contributed by atoms with Crippen molar-refractivity contribution in [2.24, 2.45) is 0 Å². The number of aromatic nitrogens is 2. The van der Waals surface area contributed by atoms with Crippen LogP contribution in [0.15, 0.2) is 36.5 Å². The molecule has 0 amide bonds. The van der Waals surface area contributed by atoms with E-state index >= 15 is 0 Å². The largest absolute Gasteiger partial charge is 0.310 e. The Hall–Kier alpha value is -1.61. The van der Waals surface area contributed by atoms with Gasteiger partial charge in [-0.05, 0) is 24.9 Å². The summed E-state index contributed by atoms with van der Waals surface area (Å²) in [6.07, 6.45) is 5.76. The van der Waals surface area contributed by atoms with Gasteiger partial charge in [0.05, 0.1) is 11.9 Å². The fourth-order valence-electron chi connectivity index (χ4n) is 2.51. The molecular formula is C14H17N3. The van der Waals surface area contributed by atoms with Crippen LogP contribution in [0.5, 0.6) is 0 Å². The maximum atomic E-state index is 4.21. The SMILES string of the molecule is c1ccc(-c2[nH]ncc2C2CCCCN2)cc1. The van der Waals surface area contributed by atoms with Gasteiger partial charge in [-0.2, -0.15) is 5.10 Å². The van der Waals surface area contributed by atoms with Gasteiger partial charge in [0.1, 0.15) is 0 Å². The first-order chi connectivity index (χ1) is 8.45. The molecule has 1 aliphatic rings. The molecule has 1 fully saturated rings. The smallest absolute Gasteiger partial charge is 0.0698 e. The molecule has 0 saturated carbocycles. The van der Waals surface area contributed by atoms with Gasteiger partial charge >= 0.3 is 0 Å². The Labute approximate surface area is 101 Å². The van der Waals surface area contributed by atoms with Gasteiger partial charge in [0, 0.05) is 11.6 Å². The summed E-state index contributed by atoms with van der Waals surface area (Å²) in [6, 6.07) is 10.9. The summed E-state index contributed by atoms with van der Waals surface area (Å²) in [5.41, 5.74) is 3.67. The van der Waals surface area contributed by atoms with Crippen LogP contribution < -0.4 is 5.32 Å². The molecule has 88 valence electrons. The second-order valence-electron chi connectivity index (χ2n) is 4.57. The Bertz CT molecular complexity index is 469. The van der Waals surface area contributed by atoms with Gasteiger partial charge < -0.3 is 5.32 Å². The van der Waals surface area contributed by atoms with E-state index in [-0.39, 0.29) is 0 Å². The molecule has 0 spiro atoms. The highest BCUT2D eigenvalue weighted by Crippen LogP contribution is 2.30. The Morgan fingerprint density at radius 2 is 2.00 bits per heavy atom. The van der Waals surface area contributed by atoms with Crippen molar-refractivity contribution in [1.29, 1.82) is 0 Å². The van der Waals surface area contributed by atoms with E-state index in [0.717, 1.165) is 12.2 Å². The number of nitrogens with zero attached hydrogens (tertiary/aromatic N) is 1. The van der Waals surface area contributed by atoms with Crippen molar-refractivity contribution in [3.05, 3.63) is 42.1 Å². The van der Waals surface area contributed by atoms with Crippen LogP contribution in [0, 0.1) is 0 Å². The van der Waals surface area contributed by atoms with Gasteiger partial charge in [0.25, 0.3) is 0 Å². The molecule has 0 aliphatic carbocycles. The summed E-state index contributed by atoms with van der Waals surface area (Å²) < 4.78 is 0. The molecule has 3 nitrogen and oxygen atoms in total. The lowest BCUT2D eigenvalue weighted by atomic mass is 9.96. The van der Waals surface area contributed by atoms with Crippen LogP contribution >= 0.6 is 0 Å². The summed E-state index contributed by atoms with van der Waals surface area (Å²) in [7, 11) is 0. The lowest BCUT2D eigenvalue weighted by molar-refractivity contribution is 0.413. The second-order valence-corrected chi connectivity index (χ2v) is 4.57. The zero-order valence-electron chi connectivity index (χ0n) is 9.82. The van der Waals surface area contributed by atoms with E-state index in [2.05, 4.69) is 39.8 Å². The van der Waals surface area contributed by atoms with Crippen molar-refractivity contribution in [1.82, 2.24) is 15.5 Å². The summed E-state index contributed by atoms with van der Waals surface area (Å²) >= 11 is 0. The molecule has 1 atom stereocenters. The first-order valence-corrected chi connectivity index (χ1v) is 6.27. The van der Waals surface area contributed by atoms with Gasteiger partial charge in [0.15, 0.2) is 0 Å². The molecule has 1 unspecified atom stereocenters. The highest BCUT2D eigenvalue weighted by molar-refractivity contribution is 5.63. The lowest BCUT2D eigenvalue weighted by Gasteiger charge is -2.23. The van der Waals surface area contributed by atoms with Crippen LogP contribution in [0.3, 0.4) is 0 Å². The number of aromatic amines is 1. The highest BCUT2D eigenvalue weighted by Gasteiger charge is 2.19. The average molecular weight is 227 g/mol. The molecule has 3 heteroatoms. The van der Waals surface area contributed by atoms with Gasteiger partial charge in [-0.1, -0.05) is 36.8 Å². The molecule has 3 rings (SSSR count). The van der Waals surface area contributed by atoms with E-state index < -0.39 is 0 Å². The van der Waals surface area contributed by atoms with E-state index in [1.807, 2.05) is 12.3 Å². The van der Waals surface area contributed by atoms with E-state index in [0.29, 0.717) is 6.04 Å². The van der Waals surface area contributed by atoms with Gasteiger partial charge in [-0.15, -0.1) is 0 Å². The number of piperidine rings is 1. The monoisotopic (exact) mass is 227 g/mol. The van der Waals surface area contributed by atoms with Crippen molar-refractivity contribution >= 4 is 0 Å². The van der Waals surface area contributed by atoms with Crippen LogP contribution in [0.25, 0.3) is 11.3 Å². The zero-order valence-corrected chi connectivity index (χ0v) is 9.82. The molecule has 17 heavy (non-hydrogen) atoms. The number of benzene rings is 1. The number of hydrogen-bond acceptors (Lipinski definition) is 2. The number of H-pyrrole nitrogens is 1. The molecule has 2 N–H and O–H groups in total. The van der Waals surface area contributed by atoms with Gasteiger partial charge in [-0.25, -0.2) is 0 Å². The van der Waals surface area contributed by atoms with Crippen LogP contribution in [-0.2, 0) is 0 Å². The van der Waals surface area contributed by atoms with E-state index in [1.165, 1.54) is 30.4 Å². The Balaban J connectivity index is 1.93. The number of hydrogen-bond donors (Lipinski definition) is 2. The van der Waals surface area contributed by atoms with Gasteiger partial charge in [-0.3, -0.25) is 5.10 Å². The maximum Gasteiger partial charge on any atom is 0.0698 e. The molecule has 1 saturated heterocycles. The van der Waals surface area contributed by atoms with E-state index in [9.17, 15) is 0 Å². The molecular weight excluding hydrogens is 210 g/mol. The summed E-state index contributed by atoms with van der Waals surface area (Å²) in [4.78, 5) is 0. The lowest BCUT2D eigenvalue weighted by Crippen LogP contribution is -2.26. The van der Waals surface area contributed by atoms with Crippen LogP contribution in [0.1, 0.15) is 30.9 Å². The predicted octanol–water partition coefficient (Wildman–Crippen LogP) is 2.89. The van der Waals surface area contributed by atoms with E-state index in [4.69, 9.17) is 0 Å². The Morgan fingerprint density at radius 1 is 1.12 bits per heavy atom. The van der Waals surface area contributed by atoms with Gasteiger partial charge in [0.2, 0.25) is 0 Å². The summed E-state index contributed by atoms with van der Waals surface area (Å²) in [5.74, 6) is 0. The normalized spacial score (nSPS) is 20.4. The maximum absolute atomic E-state index is 4.21. The minimum absolute atomic E-state index is 0.456. The minimum Gasteiger partial charge on any atom is -0.310 e. The zero-order chi connectivity index (χ0) is 11.5. The van der Waals surface area contributed by atoms with Crippen molar-refractivity contribution in [2.45, 2.75) is 25.3 Å². The topological polar surface area (TPSA) is 40.7 Å². The molecule has 1 aromatic carbocycles. The standard InChI is InChI=1S/C14H17N3/c1-2-6-11(7-3-1)14-12(10-16-17-14)13-8-4-5-9-15-13/h1-3,6-7,10,13,15H,4-5,8-9H2,(H,16,17). The fraction of sp³-hybridized carbons (Fsp3) is 0.357. The first kappa shape index (κ1) is 10.5. The van der Waals surface area contributed by atoms with Crippen molar-refractivity contribution < 1.29 is 0 Å². The predicted molar refractivity (Wildman–Crippen MR) is 68.6 cm³/mol. The van der Waals surface area contributed by atoms with Crippen molar-refractivity contribution in [3.63, 3.8) is 0 Å². The summed E-state index contributed by atoms with van der Waals surface area (Å²) in [5, 5.41) is 10.9.